The summed E-state index contributed by atoms with van der Waals surface area (Å²) < 4.78 is 10.6. The van der Waals surface area contributed by atoms with Gasteiger partial charge in [0.1, 0.15) is 0 Å². The summed E-state index contributed by atoms with van der Waals surface area (Å²) in [5.74, 6) is 1.66. The zero-order chi connectivity index (χ0) is 9.42. The summed E-state index contributed by atoms with van der Waals surface area (Å²) >= 11 is 0. The summed E-state index contributed by atoms with van der Waals surface area (Å²) in [6.45, 7) is 4.27. The quantitative estimate of drug-likeness (QED) is 0.714. The van der Waals surface area contributed by atoms with Crippen LogP contribution >= 0.6 is 0 Å². The largest absolute Gasteiger partial charge is 0.454 e. The minimum absolute atomic E-state index is 0.0354. The Kier molecular flexibility index (Phi) is 1.88. The van der Waals surface area contributed by atoms with Crippen molar-refractivity contribution in [3.05, 3.63) is 23.3 Å². The molecule has 13 heavy (non-hydrogen) atoms. The van der Waals surface area contributed by atoms with E-state index >= 15 is 0 Å². The molecular weight excluding hydrogens is 166 g/mol. The maximum absolute atomic E-state index is 5.78. The minimum atomic E-state index is 0.0354. The van der Waals surface area contributed by atoms with Gasteiger partial charge < -0.3 is 15.2 Å². The molecule has 1 heterocycles. The van der Waals surface area contributed by atoms with Crippen molar-refractivity contribution in [3.8, 4) is 11.5 Å². The van der Waals surface area contributed by atoms with Gasteiger partial charge in [0.25, 0.3) is 0 Å². The number of fused-ring (bicyclic) bond motifs is 1. The topological polar surface area (TPSA) is 44.5 Å². The number of aryl methyl sites for hydroxylation is 1. The Balaban J connectivity index is 2.49. The molecule has 2 rings (SSSR count). The lowest BCUT2D eigenvalue weighted by Crippen LogP contribution is -2.04. The maximum Gasteiger partial charge on any atom is 0.231 e. The standard InChI is InChI=1S/C10H13NO2/c1-6-3-8(7(2)11)4-9-10(6)13-5-12-9/h3-4,7H,5,11H2,1-2H3. The Morgan fingerprint density at radius 1 is 1.38 bits per heavy atom. The van der Waals surface area contributed by atoms with Gasteiger partial charge in [-0.2, -0.15) is 0 Å². The highest BCUT2D eigenvalue weighted by molar-refractivity contribution is 5.50. The molecule has 1 unspecified atom stereocenters. The van der Waals surface area contributed by atoms with Crippen LogP contribution in [0.1, 0.15) is 24.1 Å². The highest BCUT2D eigenvalue weighted by Gasteiger charge is 2.17. The van der Waals surface area contributed by atoms with E-state index < -0.39 is 0 Å². The first-order valence-corrected chi connectivity index (χ1v) is 4.34. The summed E-state index contributed by atoms with van der Waals surface area (Å²) in [7, 11) is 0. The third-order valence-corrected chi connectivity index (χ3v) is 2.21. The van der Waals surface area contributed by atoms with Crippen molar-refractivity contribution in [2.24, 2.45) is 5.73 Å². The first-order chi connectivity index (χ1) is 6.18. The molecule has 0 bridgehead atoms. The molecule has 0 saturated carbocycles. The first-order valence-electron chi connectivity index (χ1n) is 4.34. The monoisotopic (exact) mass is 179 g/mol. The van der Waals surface area contributed by atoms with E-state index in [4.69, 9.17) is 15.2 Å². The lowest BCUT2D eigenvalue weighted by molar-refractivity contribution is 0.173. The number of rotatable bonds is 1. The molecule has 0 saturated heterocycles. The molecule has 1 aliphatic heterocycles. The highest BCUT2D eigenvalue weighted by atomic mass is 16.7. The SMILES string of the molecule is Cc1cc(C(C)N)cc2c1OCO2. The van der Waals surface area contributed by atoms with Crippen LogP contribution in [-0.4, -0.2) is 6.79 Å². The van der Waals surface area contributed by atoms with Gasteiger partial charge in [-0.3, -0.25) is 0 Å². The van der Waals surface area contributed by atoms with Gasteiger partial charge in [0.15, 0.2) is 11.5 Å². The minimum Gasteiger partial charge on any atom is -0.454 e. The van der Waals surface area contributed by atoms with Crippen LogP contribution in [0.4, 0.5) is 0 Å². The molecule has 2 N–H and O–H groups in total. The van der Waals surface area contributed by atoms with Crippen molar-refractivity contribution in [2.45, 2.75) is 19.9 Å². The number of ether oxygens (including phenoxy) is 2. The number of benzene rings is 1. The normalized spacial score (nSPS) is 15.9. The Labute approximate surface area is 77.5 Å². The highest BCUT2D eigenvalue weighted by Crippen LogP contribution is 2.37. The molecule has 70 valence electrons. The molecule has 0 spiro atoms. The molecule has 1 aromatic rings. The van der Waals surface area contributed by atoms with E-state index in [0.717, 1.165) is 22.6 Å². The lowest BCUT2D eigenvalue weighted by atomic mass is 10.1. The molecule has 0 aliphatic carbocycles. The summed E-state index contributed by atoms with van der Waals surface area (Å²) in [6, 6.07) is 4.02. The summed E-state index contributed by atoms with van der Waals surface area (Å²) in [4.78, 5) is 0. The molecular formula is C10H13NO2. The Bertz CT molecular complexity index is 334. The second kappa shape index (κ2) is 2.92. The van der Waals surface area contributed by atoms with Gasteiger partial charge >= 0.3 is 0 Å². The van der Waals surface area contributed by atoms with Gasteiger partial charge in [-0.1, -0.05) is 6.07 Å². The molecule has 3 heteroatoms. The molecule has 1 atom stereocenters. The van der Waals surface area contributed by atoms with E-state index in [1.807, 2.05) is 26.0 Å². The molecule has 0 fully saturated rings. The number of hydrogen-bond donors (Lipinski definition) is 1. The van der Waals surface area contributed by atoms with Crippen LogP contribution in [0.3, 0.4) is 0 Å². The van der Waals surface area contributed by atoms with Crippen molar-refractivity contribution in [2.75, 3.05) is 6.79 Å². The summed E-state index contributed by atoms with van der Waals surface area (Å²) in [6.07, 6.45) is 0. The van der Waals surface area contributed by atoms with Crippen LogP contribution in [0.2, 0.25) is 0 Å². The Morgan fingerprint density at radius 2 is 2.15 bits per heavy atom. The van der Waals surface area contributed by atoms with E-state index in [1.165, 1.54) is 0 Å². The fraction of sp³-hybridized carbons (Fsp3) is 0.400. The average molecular weight is 179 g/mol. The second-order valence-corrected chi connectivity index (χ2v) is 3.36. The number of nitrogens with two attached hydrogens (primary N) is 1. The van der Waals surface area contributed by atoms with E-state index in [0.29, 0.717) is 6.79 Å². The third-order valence-electron chi connectivity index (χ3n) is 2.21. The predicted molar refractivity (Wildman–Crippen MR) is 49.9 cm³/mol. The van der Waals surface area contributed by atoms with Crippen LogP contribution in [0.5, 0.6) is 11.5 Å². The van der Waals surface area contributed by atoms with Crippen LogP contribution in [0.25, 0.3) is 0 Å². The van der Waals surface area contributed by atoms with Gasteiger partial charge in [-0.05, 0) is 31.0 Å². The van der Waals surface area contributed by atoms with Crippen molar-refractivity contribution in [1.82, 2.24) is 0 Å². The van der Waals surface area contributed by atoms with Crippen LogP contribution in [0, 0.1) is 6.92 Å². The van der Waals surface area contributed by atoms with Crippen molar-refractivity contribution in [1.29, 1.82) is 0 Å². The Morgan fingerprint density at radius 3 is 2.85 bits per heavy atom. The van der Waals surface area contributed by atoms with Gasteiger partial charge in [0, 0.05) is 6.04 Å². The van der Waals surface area contributed by atoms with E-state index in [2.05, 4.69) is 0 Å². The molecule has 0 radical (unpaired) electrons. The van der Waals surface area contributed by atoms with Gasteiger partial charge in [-0.25, -0.2) is 0 Å². The maximum atomic E-state index is 5.78. The zero-order valence-corrected chi connectivity index (χ0v) is 7.83. The number of hydrogen-bond acceptors (Lipinski definition) is 3. The fourth-order valence-electron chi connectivity index (χ4n) is 1.48. The molecule has 3 nitrogen and oxygen atoms in total. The van der Waals surface area contributed by atoms with Gasteiger partial charge in [0.2, 0.25) is 6.79 Å². The first kappa shape index (κ1) is 8.38. The van der Waals surface area contributed by atoms with E-state index in [1.54, 1.807) is 0 Å². The summed E-state index contributed by atoms with van der Waals surface area (Å²) in [5, 5.41) is 0. The van der Waals surface area contributed by atoms with Gasteiger partial charge in [0.05, 0.1) is 0 Å². The van der Waals surface area contributed by atoms with Crippen molar-refractivity contribution < 1.29 is 9.47 Å². The average Bonchev–Trinajstić information content (AvgIpc) is 2.51. The third kappa shape index (κ3) is 1.35. The molecule has 1 aromatic carbocycles. The molecule has 1 aliphatic rings. The van der Waals surface area contributed by atoms with E-state index in [9.17, 15) is 0 Å². The van der Waals surface area contributed by atoms with E-state index in [-0.39, 0.29) is 6.04 Å². The van der Waals surface area contributed by atoms with Crippen molar-refractivity contribution >= 4 is 0 Å². The summed E-state index contributed by atoms with van der Waals surface area (Å²) in [5.41, 5.74) is 7.95. The lowest BCUT2D eigenvalue weighted by Gasteiger charge is -2.08. The Hall–Kier alpha value is -1.22. The fourth-order valence-corrected chi connectivity index (χ4v) is 1.48. The zero-order valence-electron chi connectivity index (χ0n) is 7.83. The van der Waals surface area contributed by atoms with Crippen LogP contribution in [0.15, 0.2) is 12.1 Å². The van der Waals surface area contributed by atoms with Crippen LogP contribution in [-0.2, 0) is 0 Å². The second-order valence-electron chi connectivity index (χ2n) is 3.36. The van der Waals surface area contributed by atoms with Gasteiger partial charge in [-0.15, -0.1) is 0 Å². The predicted octanol–water partition coefficient (Wildman–Crippen LogP) is 1.74. The molecule has 0 amide bonds. The van der Waals surface area contributed by atoms with Crippen molar-refractivity contribution in [3.63, 3.8) is 0 Å². The van der Waals surface area contributed by atoms with Crippen LogP contribution < -0.4 is 15.2 Å². The molecule has 0 aromatic heterocycles. The smallest absolute Gasteiger partial charge is 0.231 e.